The maximum absolute atomic E-state index is 10.7. The molecule has 0 saturated heterocycles. The molecule has 2 N–H and O–H groups in total. The molecule has 0 radical (unpaired) electrons. The van der Waals surface area contributed by atoms with Crippen molar-refractivity contribution in [2.45, 2.75) is 6.42 Å². The topological polar surface area (TPSA) is 88.0 Å². The normalized spacial score (nSPS) is 10.4. The number of amides is 1. The van der Waals surface area contributed by atoms with Gasteiger partial charge in [-0.3, -0.25) is 14.9 Å². The minimum Gasteiger partial charge on any atom is -0.361 e. The third-order valence-electron chi connectivity index (χ3n) is 2.58. The Labute approximate surface area is 96.8 Å². The van der Waals surface area contributed by atoms with E-state index in [0.29, 0.717) is 19.4 Å². The van der Waals surface area contributed by atoms with Crippen molar-refractivity contribution in [3.8, 4) is 0 Å². The number of hydrogen-bond acceptors (Lipinski definition) is 3. The van der Waals surface area contributed by atoms with E-state index in [9.17, 15) is 14.9 Å². The maximum Gasteiger partial charge on any atom is 0.270 e. The van der Waals surface area contributed by atoms with E-state index in [2.05, 4.69) is 10.3 Å². The predicted octanol–water partition coefficient (Wildman–Crippen LogP) is 1.36. The van der Waals surface area contributed by atoms with Crippen LogP contribution in [0.3, 0.4) is 0 Å². The molecular formula is C11H11N3O3. The third kappa shape index (κ3) is 2.25. The molecule has 1 heterocycles. The van der Waals surface area contributed by atoms with E-state index in [0.717, 1.165) is 16.5 Å². The summed E-state index contributed by atoms with van der Waals surface area (Å²) in [5.74, 6) is 0. The molecule has 1 aromatic carbocycles. The summed E-state index contributed by atoms with van der Waals surface area (Å²) >= 11 is 0. The van der Waals surface area contributed by atoms with Crippen LogP contribution in [0.2, 0.25) is 0 Å². The Balaban J connectivity index is 2.32. The first-order valence-electron chi connectivity index (χ1n) is 5.14. The van der Waals surface area contributed by atoms with Crippen LogP contribution in [-0.4, -0.2) is 22.9 Å². The van der Waals surface area contributed by atoms with Crippen molar-refractivity contribution in [3.05, 3.63) is 40.1 Å². The highest BCUT2D eigenvalue weighted by Crippen LogP contribution is 2.23. The number of carbonyl (C=O) groups excluding carboxylic acids is 1. The van der Waals surface area contributed by atoms with Gasteiger partial charge < -0.3 is 10.3 Å². The van der Waals surface area contributed by atoms with Gasteiger partial charge in [0.15, 0.2) is 0 Å². The Morgan fingerprint density at radius 3 is 3.00 bits per heavy atom. The number of H-pyrrole nitrogens is 1. The fourth-order valence-corrected chi connectivity index (χ4v) is 1.75. The molecule has 6 nitrogen and oxygen atoms in total. The van der Waals surface area contributed by atoms with Gasteiger partial charge >= 0.3 is 0 Å². The lowest BCUT2D eigenvalue weighted by Crippen LogP contribution is -2.14. The summed E-state index contributed by atoms with van der Waals surface area (Å²) in [5.41, 5.74) is 1.89. The van der Waals surface area contributed by atoms with Crippen LogP contribution in [0.5, 0.6) is 0 Å². The van der Waals surface area contributed by atoms with E-state index in [-0.39, 0.29) is 5.69 Å². The molecule has 0 bridgehead atoms. The number of nitrogens with zero attached hydrogens (tertiary/aromatic N) is 1. The molecule has 1 amide bonds. The highest BCUT2D eigenvalue weighted by molar-refractivity contribution is 5.85. The molecule has 0 aliphatic rings. The standard InChI is InChI=1S/C11H11N3O3/c15-7-12-4-3-8-6-13-11-2-1-9(14(16)17)5-10(8)11/h1-2,5-7,13H,3-4H2,(H,12,15). The molecule has 0 saturated carbocycles. The molecule has 2 rings (SSSR count). The maximum atomic E-state index is 10.7. The lowest BCUT2D eigenvalue weighted by molar-refractivity contribution is -0.384. The van der Waals surface area contributed by atoms with Gasteiger partial charge in [0.1, 0.15) is 0 Å². The molecule has 0 aliphatic heterocycles. The van der Waals surface area contributed by atoms with Crippen molar-refractivity contribution in [2.75, 3.05) is 6.54 Å². The molecule has 17 heavy (non-hydrogen) atoms. The van der Waals surface area contributed by atoms with Gasteiger partial charge in [-0.05, 0) is 18.1 Å². The number of rotatable bonds is 5. The van der Waals surface area contributed by atoms with Crippen molar-refractivity contribution < 1.29 is 9.72 Å². The number of nitro groups is 1. The number of non-ortho nitro benzene ring substituents is 1. The summed E-state index contributed by atoms with van der Waals surface area (Å²) in [5, 5.41) is 14.1. The Hall–Kier alpha value is -2.37. The van der Waals surface area contributed by atoms with Gasteiger partial charge in [0.05, 0.1) is 4.92 Å². The van der Waals surface area contributed by atoms with Crippen LogP contribution in [0, 0.1) is 10.1 Å². The first kappa shape index (κ1) is 11.1. The molecule has 0 fully saturated rings. The largest absolute Gasteiger partial charge is 0.361 e. The first-order valence-corrected chi connectivity index (χ1v) is 5.14. The van der Waals surface area contributed by atoms with Gasteiger partial charge in [-0.25, -0.2) is 0 Å². The van der Waals surface area contributed by atoms with Gasteiger partial charge in [-0.2, -0.15) is 0 Å². The quantitative estimate of drug-likeness (QED) is 0.354. The summed E-state index contributed by atoms with van der Waals surface area (Å²) in [6, 6.07) is 4.69. The highest BCUT2D eigenvalue weighted by atomic mass is 16.6. The van der Waals surface area contributed by atoms with Gasteiger partial charge in [-0.15, -0.1) is 0 Å². The number of nitro benzene ring substituents is 1. The lowest BCUT2D eigenvalue weighted by Gasteiger charge is -1.98. The van der Waals surface area contributed by atoms with E-state index in [1.165, 1.54) is 6.07 Å². The van der Waals surface area contributed by atoms with Crippen LogP contribution in [-0.2, 0) is 11.2 Å². The van der Waals surface area contributed by atoms with E-state index in [1.54, 1.807) is 18.3 Å². The van der Waals surface area contributed by atoms with Gasteiger partial charge in [0.25, 0.3) is 5.69 Å². The number of carbonyl (C=O) groups is 1. The molecule has 0 spiro atoms. The SMILES string of the molecule is O=CNCCc1c[nH]c2ccc([N+](=O)[O-])cc12. The molecule has 0 aliphatic carbocycles. The van der Waals surface area contributed by atoms with E-state index in [4.69, 9.17) is 0 Å². The van der Waals surface area contributed by atoms with Gasteiger partial charge in [0, 0.05) is 35.8 Å². The Bertz CT molecular complexity index is 562. The summed E-state index contributed by atoms with van der Waals surface area (Å²) in [4.78, 5) is 23.4. The van der Waals surface area contributed by atoms with Crippen LogP contribution >= 0.6 is 0 Å². The third-order valence-corrected chi connectivity index (χ3v) is 2.58. The average Bonchev–Trinajstić information content (AvgIpc) is 2.72. The molecular weight excluding hydrogens is 222 g/mol. The molecule has 88 valence electrons. The molecule has 0 unspecified atom stereocenters. The minimum atomic E-state index is -0.417. The predicted molar refractivity (Wildman–Crippen MR) is 62.7 cm³/mol. The van der Waals surface area contributed by atoms with E-state index in [1.807, 2.05) is 0 Å². The number of hydrogen-bond donors (Lipinski definition) is 2. The van der Waals surface area contributed by atoms with Crippen molar-refractivity contribution in [1.82, 2.24) is 10.3 Å². The molecule has 0 atom stereocenters. The van der Waals surface area contributed by atoms with Crippen LogP contribution < -0.4 is 5.32 Å². The Kier molecular flexibility index (Phi) is 3.04. The van der Waals surface area contributed by atoms with Crippen molar-refractivity contribution >= 4 is 23.0 Å². The van der Waals surface area contributed by atoms with Crippen LogP contribution in [0.25, 0.3) is 10.9 Å². The first-order chi connectivity index (χ1) is 8.22. The zero-order chi connectivity index (χ0) is 12.3. The molecule has 2 aromatic rings. The van der Waals surface area contributed by atoms with Crippen molar-refractivity contribution in [1.29, 1.82) is 0 Å². The second-order valence-electron chi connectivity index (χ2n) is 3.62. The lowest BCUT2D eigenvalue weighted by atomic mass is 10.1. The summed E-state index contributed by atoms with van der Waals surface area (Å²) < 4.78 is 0. The van der Waals surface area contributed by atoms with Gasteiger partial charge in [-0.1, -0.05) is 0 Å². The second kappa shape index (κ2) is 4.65. The van der Waals surface area contributed by atoms with Crippen LogP contribution in [0.4, 0.5) is 5.69 Å². The summed E-state index contributed by atoms with van der Waals surface area (Å²) in [7, 11) is 0. The molecule has 1 aromatic heterocycles. The van der Waals surface area contributed by atoms with Gasteiger partial charge in [0.2, 0.25) is 6.41 Å². The Morgan fingerprint density at radius 1 is 1.47 bits per heavy atom. The number of nitrogens with one attached hydrogen (secondary N) is 2. The fraction of sp³-hybridized carbons (Fsp3) is 0.182. The molecule has 6 heteroatoms. The highest BCUT2D eigenvalue weighted by Gasteiger charge is 2.09. The number of fused-ring (bicyclic) bond motifs is 1. The van der Waals surface area contributed by atoms with Crippen molar-refractivity contribution in [2.24, 2.45) is 0 Å². The van der Waals surface area contributed by atoms with E-state index >= 15 is 0 Å². The smallest absolute Gasteiger partial charge is 0.270 e. The minimum absolute atomic E-state index is 0.0710. The average molecular weight is 233 g/mol. The summed E-state index contributed by atoms with van der Waals surface area (Å²) in [6.45, 7) is 0.513. The Morgan fingerprint density at radius 2 is 2.29 bits per heavy atom. The zero-order valence-corrected chi connectivity index (χ0v) is 8.97. The number of aromatic nitrogens is 1. The van der Waals surface area contributed by atoms with E-state index < -0.39 is 4.92 Å². The summed E-state index contributed by atoms with van der Waals surface area (Å²) in [6.07, 6.45) is 3.08. The number of aromatic amines is 1. The van der Waals surface area contributed by atoms with Crippen LogP contribution in [0.1, 0.15) is 5.56 Å². The zero-order valence-electron chi connectivity index (χ0n) is 8.97. The van der Waals surface area contributed by atoms with Crippen LogP contribution in [0.15, 0.2) is 24.4 Å². The fourth-order valence-electron chi connectivity index (χ4n) is 1.75. The second-order valence-corrected chi connectivity index (χ2v) is 3.62. The van der Waals surface area contributed by atoms with Crippen molar-refractivity contribution in [3.63, 3.8) is 0 Å². The monoisotopic (exact) mass is 233 g/mol. The number of benzene rings is 1.